The van der Waals surface area contributed by atoms with E-state index in [-0.39, 0.29) is 11.7 Å². The average molecular weight is 286 g/mol. The zero-order valence-electron chi connectivity index (χ0n) is 12.2. The number of anilines is 2. The van der Waals surface area contributed by atoms with Crippen molar-refractivity contribution in [1.82, 2.24) is 0 Å². The van der Waals surface area contributed by atoms with Crippen LogP contribution in [0.25, 0.3) is 0 Å². The minimum Gasteiger partial charge on any atom is -0.504 e. The summed E-state index contributed by atoms with van der Waals surface area (Å²) < 4.78 is 4.95. The maximum Gasteiger partial charge on any atom is 0.255 e. The van der Waals surface area contributed by atoms with Gasteiger partial charge in [-0.3, -0.25) is 4.79 Å². The maximum atomic E-state index is 12.2. The number of methoxy groups -OCH3 is 1. The second kappa shape index (κ2) is 5.75. The van der Waals surface area contributed by atoms with Crippen molar-refractivity contribution in [3.8, 4) is 11.5 Å². The quantitative estimate of drug-likeness (QED) is 0.757. The summed E-state index contributed by atoms with van der Waals surface area (Å²) in [7, 11) is 1.45. The van der Waals surface area contributed by atoms with Crippen molar-refractivity contribution < 1.29 is 14.6 Å². The Kier molecular flexibility index (Phi) is 4.03. The Morgan fingerprint density at radius 2 is 1.90 bits per heavy atom. The molecule has 0 saturated heterocycles. The lowest BCUT2D eigenvalue weighted by Crippen LogP contribution is -2.13. The number of nitrogens with two attached hydrogens (primary N) is 1. The lowest BCUT2D eigenvalue weighted by atomic mass is 10.1. The molecule has 0 aliphatic heterocycles. The Balaban J connectivity index is 2.26. The molecule has 4 N–H and O–H groups in total. The van der Waals surface area contributed by atoms with E-state index < -0.39 is 0 Å². The Bertz CT molecular complexity index is 696. The van der Waals surface area contributed by atoms with E-state index in [0.29, 0.717) is 22.7 Å². The van der Waals surface area contributed by atoms with E-state index in [4.69, 9.17) is 10.5 Å². The van der Waals surface area contributed by atoms with E-state index in [1.165, 1.54) is 13.2 Å². The molecule has 110 valence electrons. The summed E-state index contributed by atoms with van der Waals surface area (Å²) in [5, 5.41) is 12.5. The molecule has 5 heteroatoms. The second-order valence-electron chi connectivity index (χ2n) is 4.86. The van der Waals surface area contributed by atoms with Gasteiger partial charge in [-0.1, -0.05) is 6.07 Å². The summed E-state index contributed by atoms with van der Waals surface area (Å²) in [4.78, 5) is 12.2. The molecule has 2 aromatic carbocycles. The predicted molar refractivity (Wildman–Crippen MR) is 82.9 cm³/mol. The van der Waals surface area contributed by atoms with Crippen molar-refractivity contribution >= 4 is 17.3 Å². The first-order chi connectivity index (χ1) is 9.92. The summed E-state index contributed by atoms with van der Waals surface area (Å²) in [6, 6.07) is 8.13. The minimum atomic E-state index is -0.320. The zero-order valence-corrected chi connectivity index (χ0v) is 12.2. The molecular weight excluding hydrogens is 268 g/mol. The van der Waals surface area contributed by atoms with Crippen molar-refractivity contribution in [1.29, 1.82) is 0 Å². The third-order valence-electron chi connectivity index (χ3n) is 3.30. The van der Waals surface area contributed by atoms with Crippen LogP contribution in [0.1, 0.15) is 21.5 Å². The highest BCUT2D eigenvalue weighted by molar-refractivity contribution is 6.05. The van der Waals surface area contributed by atoms with E-state index in [0.717, 1.165) is 11.1 Å². The standard InChI is InChI=1S/C16H18N2O3/c1-9-6-10(2)13(8-12(9)17)18-16(20)11-4-5-15(21-3)14(19)7-11/h4-8,19H,17H2,1-3H3,(H,18,20). The lowest BCUT2D eigenvalue weighted by Gasteiger charge is -2.12. The van der Waals surface area contributed by atoms with E-state index in [1.807, 2.05) is 19.9 Å². The summed E-state index contributed by atoms with van der Waals surface area (Å²) in [5.41, 5.74) is 9.36. The molecule has 21 heavy (non-hydrogen) atoms. The summed E-state index contributed by atoms with van der Waals surface area (Å²) in [6.45, 7) is 3.81. The number of carbonyl (C=O) groups excluding carboxylic acids is 1. The number of amides is 1. The fourth-order valence-electron chi connectivity index (χ4n) is 2.03. The molecule has 0 atom stereocenters. The van der Waals surface area contributed by atoms with Crippen molar-refractivity contribution in [3.05, 3.63) is 47.0 Å². The van der Waals surface area contributed by atoms with Gasteiger partial charge in [0.05, 0.1) is 7.11 Å². The van der Waals surface area contributed by atoms with Crippen LogP contribution in [0.5, 0.6) is 11.5 Å². The predicted octanol–water partition coefficient (Wildman–Crippen LogP) is 2.85. The first-order valence-electron chi connectivity index (χ1n) is 6.47. The van der Waals surface area contributed by atoms with Gasteiger partial charge in [-0.2, -0.15) is 0 Å². The fourth-order valence-corrected chi connectivity index (χ4v) is 2.03. The largest absolute Gasteiger partial charge is 0.504 e. The van der Waals surface area contributed by atoms with Crippen molar-refractivity contribution in [2.45, 2.75) is 13.8 Å². The van der Waals surface area contributed by atoms with Gasteiger partial charge in [-0.25, -0.2) is 0 Å². The van der Waals surface area contributed by atoms with Gasteiger partial charge in [0, 0.05) is 16.9 Å². The van der Waals surface area contributed by atoms with E-state index in [1.54, 1.807) is 18.2 Å². The third-order valence-corrected chi connectivity index (χ3v) is 3.30. The summed E-state index contributed by atoms with van der Waals surface area (Å²) in [6.07, 6.45) is 0. The Labute approximate surface area is 123 Å². The number of ether oxygens (including phenoxy) is 1. The van der Waals surface area contributed by atoms with Gasteiger partial charge in [0.1, 0.15) is 0 Å². The number of aromatic hydroxyl groups is 1. The smallest absolute Gasteiger partial charge is 0.255 e. The molecule has 0 aliphatic rings. The van der Waals surface area contributed by atoms with Crippen LogP contribution in [0.3, 0.4) is 0 Å². The number of nitrogen functional groups attached to an aromatic ring is 1. The number of carbonyl (C=O) groups is 1. The SMILES string of the molecule is COc1ccc(C(=O)Nc2cc(N)c(C)cc2C)cc1O. The van der Waals surface area contributed by atoms with Crippen LogP contribution in [-0.2, 0) is 0 Å². The maximum absolute atomic E-state index is 12.2. The number of nitrogens with one attached hydrogen (secondary N) is 1. The molecular formula is C16H18N2O3. The summed E-state index contributed by atoms with van der Waals surface area (Å²) >= 11 is 0. The van der Waals surface area contributed by atoms with Crippen LogP contribution in [0.4, 0.5) is 11.4 Å². The van der Waals surface area contributed by atoms with Gasteiger partial charge >= 0.3 is 0 Å². The lowest BCUT2D eigenvalue weighted by molar-refractivity contribution is 0.102. The van der Waals surface area contributed by atoms with Gasteiger partial charge in [0.25, 0.3) is 5.91 Å². The molecule has 0 saturated carbocycles. The molecule has 0 unspecified atom stereocenters. The number of benzene rings is 2. The van der Waals surface area contributed by atoms with Crippen LogP contribution in [-0.4, -0.2) is 18.1 Å². The van der Waals surface area contributed by atoms with Gasteiger partial charge in [-0.05, 0) is 49.2 Å². The van der Waals surface area contributed by atoms with Crippen LogP contribution >= 0.6 is 0 Å². The minimum absolute atomic E-state index is 0.0784. The monoisotopic (exact) mass is 286 g/mol. The van der Waals surface area contributed by atoms with Crippen LogP contribution in [0.2, 0.25) is 0 Å². The molecule has 0 fully saturated rings. The molecule has 0 aromatic heterocycles. The number of hydrogen-bond donors (Lipinski definition) is 3. The molecule has 0 bridgehead atoms. The Morgan fingerprint density at radius 3 is 2.52 bits per heavy atom. The molecule has 0 aliphatic carbocycles. The molecule has 0 radical (unpaired) electrons. The number of phenolic OH excluding ortho intramolecular Hbond substituents is 1. The first kappa shape index (κ1) is 14.7. The average Bonchev–Trinajstić information content (AvgIpc) is 2.44. The van der Waals surface area contributed by atoms with E-state index in [9.17, 15) is 9.90 Å². The van der Waals surface area contributed by atoms with Crippen LogP contribution in [0.15, 0.2) is 30.3 Å². The molecule has 2 rings (SSSR count). The second-order valence-corrected chi connectivity index (χ2v) is 4.86. The van der Waals surface area contributed by atoms with Crippen molar-refractivity contribution in [3.63, 3.8) is 0 Å². The normalized spacial score (nSPS) is 10.2. The Hall–Kier alpha value is -2.69. The molecule has 0 heterocycles. The molecule has 1 amide bonds. The molecule has 0 spiro atoms. The van der Waals surface area contributed by atoms with E-state index in [2.05, 4.69) is 5.32 Å². The van der Waals surface area contributed by atoms with E-state index >= 15 is 0 Å². The highest BCUT2D eigenvalue weighted by Gasteiger charge is 2.11. The van der Waals surface area contributed by atoms with Gasteiger partial charge in [0.2, 0.25) is 0 Å². The number of rotatable bonds is 3. The number of hydrogen-bond acceptors (Lipinski definition) is 4. The zero-order chi connectivity index (χ0) is 15.6. The summed E-state index contributed by atoms with van der Waals surface area (Å²) in [5.74, 6) is -0.0769. The third kappa shape index (κ3) is 3.08. The molecule has 5 nitrogen and oxygen atoms in total. The highest BCUT2D eigenvalue weighted by atomic mass is 16.5. The van der Waals surface area contributed by atoms with Gasteiger partial charge in [0.15, 0.2) is 11.5 Å². The first-order valence-corrected chi connectivity index (χ1v) is 6.47. The van der Waals surface area contributed by atoms with Crippen LogP contribution in [0, 0.1) is 13.8 Å². The van der Waals surface area contributed by atoms with Crippen molar-refractivity contribution in [2.24, 2.45) is 0 Å². The van der Waals surface area contributed by atoms with Gasteiger partial charge < -0.3 is 20.9 Å². The van der Waals surface area contributed by atoms with Crippen molar-refractivity contribution in [2.75, 3.05) is 18.2 Å². The highest BCUT2D eigenvalue weighted by Crippen LogP contribution is 2.27. The number of phenols is 1. The fraction of sp³-hybridized carbons (Fsp3) is 0.188. The number of aryl methyl sites for hydroxylation is 2. The molecule has 2 aromatic rings. The van der Waals surface area contributed by atoms with Crippen LogP contribution < -0.4 is 15.8 Å². The van der Waals surface area contributed by atoms with Gasteiger partial charge in [-0.15, -0.1) is 0 Å². The Morgan fingerprint density at radius 1 is 1.19 bits per heavy atom. The topological polar surface area (TPSA) is 84.6 Å².